The quantitative estimate of drug-likeness (QED) is 0.0228. The molecule has 20 nitrogen and oxygen atoms in total. The Labute approximate surface area is 478 Å². The summed E-state index contributed by atoms with van der Waals surface area (Å²) in [6.07, 6.45) is 3.67. The minimum absolute atomic E-state index is 0. The second kappa shape index (κ2) is 25.3. The normalized spacial score (nSPS) is 12.4. The van der Waals surface area contributed by atoms with E-state index in [2.05, 4.69) is 54.6 Å². The number of phenols is 1. The number of aromatic nitrogens is 3. The molecule has 0 radical (unpaired) electrons. The van der Waals surface area contributed by atoms with Gasteiger partial charge in [0.15, 0.2) is 5.75 Å². The zero-order valence-electron chi connectivity index (χ0n) is 28.0. The predicted octanol–water partition coefficient (Wildman–Crippen LogP) is -10.3. The number of nitrogens with one attached hydrogen (secondary N) is 2. The van der Waals surface area contributed by atoms with Crippen molar-refractivity contribution >= 4 is 79.9 Å². The third-order valence-electron chi connectivity index (χ3n) is 6.35. The van der Waals surface area contributed by atoms with Crippen molar-refractivity contribution in [3.63, 3.8) is 0 Å². The summed E-state index contributed by atoms with van der Waals surface area (Å²) in [7, 11) is -5.12. The summed E-state index contributed by atoms with van der Waals surface area (Å²) in [4.78, 5) is 22.7. The second-order valence-electron chi connectivity index (χ2n) is 9.38. The third-order valence-corrected chi connectivity index (χ3v) is 8.36. The van der Waals surface area contributed by atoms with Gasteiger partial charge in [-0.2, -0.15) is 28.7 Å². The summed E-state index contributed by atoms with van der Waals surface area (Å²) in [5.74, 6) is -2.90. The maximum atomic E-state index is 12.1. The van der Waals surface area contributed by atoms with Crippen LogP contribution in [0.1, 0.15) is 12.8 Å². The van der Waals surface area contributed by atoms with Gasteiger partial charge in [0.05, 0.1) is 51.2 Å². The molecule has 1 aromatic heterocycles. The number of carbonyl (C=O) groups excluding carboxylic acids is 1. The monoisotopic (exact) mass is 887 g/mol. The Morgan fingerprint density at radius 1 is 0.887 bits per heavy atom. The molecule has 0 spiro atoms. The molecule has 0 atom stereocenters. The molecule has 53 heavy (non-hydrogen) atoms. The number of carbonyl (C=O) groups is 1. The molecule has 5 rings (SSSR count). The summed E-state index contributed by atoms with van der Waals surface area (Å²) < 4.78 is 44.9. The SMILES string of the molecule is O=C([O-])C1=C(Nc2nc(O)nc(Nc3cc(S(=O)(=O)[O-])cc4cc(SOO[O-])c(N=Nc5ccc(SOO[O-])cc5)c(O)c34)n2)CCC=C1.[K+].[K+].[K+].[K+]. The van der Waals surface area contributed by atoms with Crippen molar-refractivity contribution in [2.24, 2.45) is 10.2 Å². The van der Waals surface area contributed by atoms with Crippen LogP contribution in [0.3, 0.4) is 0 Å². The molecule has 1 aliphatic rings. The maximum Gasteiger partial charge on any atom is 1.00 e. The molecule has 1 aliphatic carbocycles. The smallest absolute Gasteiger partial charge is 0.744 e. The molecule has 4 aromatic rings. The van der Waals surface area contributed by atoms with Crippen LogP contribution in [-0.2, 0) is 33.7 Å². The number of carboxylic acid groups (broad SMARTS) is 1. The Balaban J connectivity index is 0.00000351. The van der Waals surface area contributed by atoms with Crippen molar-refractivity contribution < 1.29 is 268 Å². The molecule has 0 bridgehead atoms. The number of aliphatic carboxylic acids is 1. The number of azo groups is 1. The van der Waals surface area contributed by atoms with Gasteiger partial charge < -0.3 is 45.8 Å². The van der Waals surface area contributed by atoms with Crippen molar-refractivity contribution in [1.82, 2.24) is 15.0 Å². The van der Waals surface area contributed by atoms with Crippen LogP contribution in [0, 0.1) is 0 Å². The minimum Gasteiger partial charge on any atom is -0.744 e. The summed E-state index contributed by atoms with van der Waals surface area (Å²) in [5, 5.41) is 73.7. The van der Waals surface area contributed by atoms with Crippen LogP contribution in [-0.4, -0.2) is 44.1 Å². The van der Waals surface area contributed by atoms with E-state index in [-0.39, 0.29) is 274 Å². The van der Waals surface area contributed by atoms with Crippen LogP contribution >= 0.6 is 24.1 Å². The largest absolute Gasteiger partial charge is 1.00 e. The number of hydrogen-bond donors (Lipinski definition) is 4. The molecule has 0 aliphatic heterocycles. The van der Waals surface area contributed by atoms with E-state index in [1.165, 1.54) is 36.4 Å². The fraction of sp³-hybridized carbons (Fsp3) is 0.0769. The molecule has 27 heteroatoms. The number of anilines is 3. The van der Waals surface area contributed by atoms with Gasteiger partial charge in [0.2, 0.25) is 11.9 Å². The van der Waals surface area contributed by atoms with E-state index in [9.17, 15) is 43.6 Å². The average molecular weight is 888 g/mol. The van der Waals surface area contributed by atoms with E-state index >= 15 is 0 Å². The molecule has 0 saturated carbocycles. The van der Waals surface area contributed by atoms with Gasteiger partial charge in [-0.3, -0.25) is 10.1 Å². The van der Waals surface area contributed by atoms with Gasteiger partial charge in [0.1, 0.15) is 15.8 Å². The number of benzene rings is 3. The van der Waals surface area contributed by atoms with E-state index in [0.717, 1.165) is 12.1 Å². The zero-order chi connectivity index (χ0) is 35.1. The molecule has 1 heterocycles. The van der Waals surface area contributed by atoms with Gasteiger partial charge in [0.25, 0.3) is 0 Å². The van der Waals surface area contributed by atoms with E-state index in [1.54, 1.807) is 6.08 Å². The first-order chi connectivity index (χ1) is 23.5. The second-order valence-corrected chi connectivity index (χ2v) is 12.3. The van der Waals surface area contributed by atoms with Crippen LogP contribution in [0.5, 0.6) is 11.8 Å². The van der Waals surface area contributed by atoms with Crippen molar-refractivity contribution in [3.05, 3.63) is 65.9 Å². The standard InChI is InChI=1S/C26H21N7O13S3.4K/c34-22-20-12(10-19(48-46-44-39)21(22)33-32-13-5-7-14(8-6-13)47-45-43-38)9-15(49(40,41)42)11-18(20)28-25-29-24(30-26(37)31-25)27-17-4-2-1-3-16(17)23(35)36;;;;/h1,3,5-11,34,38-39H,2,4H2,(H,35,36)(H,40,41,42)(H3,27,28,29,30,31,37);;;;/q;4*+1/p-4. The molecular formula is C26H17K4N7O13S3. The van der Waals surface area contributed by atoms with Crippen molar-refractivity contribution in [1.29, 1.82) is 0 Å². The van der Waals surface area contributed by atoms with Gasteiger partial charge in [-0.1, -0.05) is 12.2 Å². The topological polar surface area (TPSA) is 308 Å². The van der Waals surface area contributed by atoms with Crippen LogP contribution in [0.25, 0.3) is 10.8 Å². The van der Waals surface area contributed by atoms with Crippen LogP contribution < -0.4 is 232 Å². The molecule has 3 aromatic carbocycles. The average Bonchev–Trinajstić information content (AvgIpc) is 3.05. The van der Waals surface area contributed by atoms with E-state index in [0.29, 0.717) is 23.4 Å². The molecule has 256 valence electrons. The van der Waals surface area contributed by atoms with Crippen LogP contribution in [0.4, 0.5) is 29.0 Å². The maximum absolute atomic E-state index is 12.1. The van der Waals surface area contributed by atoms with Crippen molar-refractivity contribution in [2.45, 2.75) is 27.5 Å². The number of phenolic OH excluding ortho intramolecular Hbond substituents is 1. The first-order valence-corrected chi connectivity index (χ1v) is 16.0. The molecule has 0 fully saturated rings. The summed E-state index contributed by atoms with van der Waals surface area (Å²) >= 11 is 0.907. The summed E-state index contributed by atoms with van der Waals surface area (Å²) in [6, 6.07) is 8.09. The third kappa shape index (κ3) is 15.0. The van der Waals surface area contributed by atoms with Crippen LogP contribution in [0.2, 0.25) is 0 Å². The Morgan fingerprint density at radius 2 is 1.53 bits per heavy atom. The number of aromatic hydroxyl groups is 2. The molecular weight excluding hydrogens is 871 g/mol. The molecule has 0 amide bonds. The fourth-order valence-electron chi connectivity index (χ4n) is 4.36. The number of hydrogen-bond acceptors (Lipinski definition) is 22. The fourth-order valence-corrected chi connectivity index (χ4v) is 5.74. The predicted molar refractivity (Wildman–Crippen MR) is 159 cm³/mol. The van der Waals surface area contributed by atoms with E-state index in [4.69, 9.17) is 0 Å². The molecule has 0 saturated heterocycles. The van der Waals surface area contributed by atoms with E-state index < -0.39 is 38.7 Å². The first kappa shape index (κ1) is 52.6. The summed E-state index contributed by atoms with van der Waals surface area (Å²) in [6.45, 7) is 0. The van der Waals surface area contributed by atoms with Crippen LogP contribution in [0.15, 0.2) is 90.8 Å². The zero-order valence-corrected chi connectivity index (χ0v) is 42.9. The minimum atomic E-state index is -5.12. The Morgan fingerprint density at radius 3 is 2.15 bits per heavy atom. The van der Waals surface area contributed by atoms with Gasteiger partial charge in [-0.25, -0.2) is 8.42 Å². The van der Waals surface area contributed by atoms with Crippen molar-refractivity contribution in [3.8, 4) is 11.8 Å². The van der Waals surface area contributed by atoms with Gasteiger partial charge >= 0.3 is 212 Å². The van der Waals surface area contributed by atoms with Gasteiger partial charge in [0, 0.05) is 21.6 Å². The Kier molecular flexibility index (Phi) is 25.1. The number of fused-ring (bicyclic) bond motifs is 1. The number of rotatable bonds is 14. The van der Waals surface area contributed by atoms with Crippen molar-refractivity contribution in [2.75, 3.05) is 10.6 Å². The first-order valence-electron chi connectivity index (χ1n) is 13.1. The van der Waals surface area contributed by atoms with Gasteiger partial charge in [-0.15, -0.1) is 5.11 Å². The summed E-state index contributed by atoms with van der Waals surface area (Å²) in [5.41, 5.74) is -0.369. The van der Waals surface area contributed by atoms with Gasteiger partial charge in [-0.05, 0) is 60.7 Å². The Hall–Kier alpha value is 1.60. The molecule has 0 unspecified atom stereocenters. The molecule has 4 N–H and O–H groups in total. The number of allylic oxidation sites excluding steroid dienone is 2. The van der Waals surface area contributed by atoms with E-state index in [1.807, 2.05) is 0 Å². The number of nitrogens with zero attached hydrogens (tertiary/aromatic N) is 5. The Bertz CT molecular complexity index is 2120. The number of carboxylic acids is 1.